The van der Waals surface area contributed by atoms with Crippen LogP contribution in [0.1, 0.15) is 34.6 Å². The van der Waals surface area contributed by atoms with Crippen LogP contribution in [0.25, 0.3) is 0 Å². The number of hydrogen-bond donors (Lipinski definition) is 0. The normalized spacial score (nSPS) is 14.8. The predicted octanol–water partition coefficient (Wildman–Crippen LogP) is 1.08. The Balaban J connectivity index is 2.24. The summed E-state index contributed by atoms with van der Waals surface area (Å²) in [6.07, 6.45) is 0. The van der Waals surface area contributed by atoms with Gasteiger partial charge in [-0.15, -0.1) is 0 Å². The van der Waals surface area contributed by atoms with Gasteiger partial charge in [0, 0.05) is 0 Å². The number of carbonyl (C=O) groups excluding carboxylic acids is 3. The van der Waals surface area contributed by atoms with Gasteiger partial charge in [-0.25, -0.2) is 4.79 Å². The average Bonchev–Trinajstić information content (AvgIpc) is 2.64. The lowest BCUT2D eigenvalue weighted by Crippen LogP contribution is -2.49. The molecule has 0 spiro atoms. The summed E-state index contributed by atoms with van der Waals surface area (Å²) in [4.78, 5) is 42.8. The lowest BCUT2D eigenvalue weighted by molar-refractivity contribution is -0.179. The second kappa shape index (κ2) is 4.72. The van der Waals surface area contributed by atoms with Crippen molar-refractivity contribution in [1.29, 1.82) is 0 Å². The van der Waals surface area contributed by atoms with Crippen molar-refractivity contribution in [3.8, 4) is 0 Å². The summed E-state index contributed by atoms with van der Waals surface area (Å²) in [5, 5.41) is 0.526. The summed E-state index contributed by atoms with van der Waals surface area (Å²) < 4.78 is 0. The van der Waals surface area contributed by atoms with E-state index in [0.717, 1.165) is 0 Å². The standard InChI is InChI=1S/C14H16N2O4/c1-14(2,15(3)4)13(19)20-16-11(17)9-7-5-6-8-10(9)12(16)18/h5-8H,1-4H3. The van der Waals surface area contributed by atoms with Gasteiger partial charge in [-0.2, -0.15) is 0 Å². The molecule has 1 aromatic carbocycles. The molecule has 0 aliphatic carbocycles. The fourth-order valence-electron chi connectivity index (χ4n) is 1.63. The molecule has 1 aliphatic heterocycles. The molecule has 6 heteroatoms. The number of hydroxylamine groups is 2. The van der Waals surface area contributed by atoms with Gasteiger partial charge in [0.05, 0.1) is 11.1 Å². The summed E-state index contributed by atoms with van der Waals surface area (Å²) in [6, 6.07) is 6.36. The molecule has 6 nitrogen and oxygen atoms in total. The number of imide groups is 1. The van der Waals surface area contributed by atoms with Crippen LogP contribution in [0.5, 0.6) is 0 Å². The van der Waals surface area contributed by atoms with Gasteiger partial charge in [0.2, 0.25) is 0 Å². The van der Waals surface area contributed by atoms with Crippen molar-refractivity contribution in [2.75, 3.05) is 14.1 Å². The van der Waals surface area contributed by atoms with Gasteiger partial charge in [-0.05, 0) is 40.1 Å². The predicted molar refractivity (Wildman–Crippen MR) is 70.8 cm³/mol. The molecule has 0 aromatic heterocycles. The van der Waals surface area contributed by atoms with E-state index in [9.17, 15) is 14.4 Å². The van der Waals surface area contributed by atoms with Crippen LogP contribution < -0.4 is 0 Å². The average molecular weight is 276 g/mol. The van der Waals surface area contributed by atoms with Gasteiger partial charge in [0.15, 0.2) is 0 Å². The Bertz CT molecular complexity index is 558. The first-order valence-electron chi connectivity index (χ1n) is 6.14. The highest BCUT2D eigenvalue weighted by Crippen LogP contribution is 2.24. The van der Waals surface area contributed by atoms with Crippen LogP contribution in [0.2, 0.25) is 0 Å². The molecular weight excluding hydrogens is 260 g/mol. The first kappa shape index (κ1) is 14.2. The van der Waals surface area contributed by atoms with Crippen molar-refractivity contribution < 1.29 is 19.2 Å². The van der Waals surface area contributed by atoms with Crippen LogP contribution in [-0.4, -0.2) is 47.4 Å². The summed E-state index contributed by atoms with van der Waals surface area (Å²) in [5.41, 5.74) is -0.462. The topological polar surface area (TPSA) is 66.9 Å². The van der Waals surface area contributed by atoms with Gasteiger partial charge in [0.25, 0.3) is 11.8 Å². The molecule has 0 radical (unpaired) electrons. The minimum Gasteiger partial charge on any atom is -0.328 e. The molecule has 1 heterocycles. The first-order valence-corrected chi connectivity index (χ1v) is 6.14. The first-order chi connectivity index (χ1) is 9.26. The van der Waals surface area contributed by atoms with Crippen molar-refractivity contribution in [3.63, 3.8) is 0 Å². The quantitative estimate of drug-likeness (QED) is 0.773. The molecule has 0 unspecified atom stereocenters. The fraction of sp³-hybridized carbons (Fsp3) is 0.357. The Kier molecular flexibility index (Phi) is 3.35. The fourth-order valence-corrected chi connectivity index (χ4v) is 1.63. The molecule has 1 aliphatic rings. The molecule has 0 N–H and O–H groups in total. The molecule has 106 valence electrons. The molecule has 2 amide bonds. The van der Waals surface area contributed by atoms with E-state index in [1.54, 1.807) is 45.0 Å². The van der Waals surface area contributed by atoms with Crippen molar-refractivity contribution >= 4 is 17.8 Å². The summed E-state index contributed by atoms with van der Waals surface area (Å²) in [7, 11) is 3.42. The largest absolute Gasteiger partial charge is 0.352 e. The third kappa shape index (κ3) is 2.08. The monoisotopic (exact) mass is 276 g/mol. The lowest BCUT2D eigenvalue weighted by Gasteiger charge is -2.30. The molecule has 0 saturated carbocycles. The highest BCUT2D eigenvalue weighted by molar-refractivity contribution is 6.20. The third-order valence-corrected chi connectivity index (χ3v) is 3.55. The van der Waals surface area contributed by atoms with Crippen LogP contribution in [0, 0.1) is 0 Å². The van der Waals surface area contributed by atoms with E-state index in [1.807, 2.05) is 0 Å². The zero-order chi connectivity index (χ0) is 15.1. The van der Waals surface area contributed by atoms with Crippen LogP contribution in [0.15, 0.2) is 24.3 Å². The Labute approximate surface area is 116 Å². The summed E-state index contributed by atoms with van der Waals surface area (Å²) >= 11 is 0. The van der Waals surface area contributed by atoms with Gasteiger partial charge in [-0.1, -0.05) is 17.2 Å². The molecule has 0 bridgehead atoms. The molecule has 2 rings (SSSR count). The maximum atomic E-state index is 12.1. The Morgan fingerprint density at radius 1 is 1.10 bits per heavy atom. The van der Waals surface area contributed by atoms with Gasteiger partial charge >= 0.3 is 5.97 Å². The van der Waals surface area contributed by atoms with E-state index in [4.69, 9.17) is 4.84 Å². The maximum Gasteiger partial charge on any atom is 0.352 e. The third-order valence-electron chi connectivity index (χ3n) is 3.55. The Morgan fingerprint density at radius 2 is 1.55 bits per heavy atom. The van der Waals surface area contributed by atoms with Crippen LogP contribution in [0.3, 0.4) is 0 Å². The maximum absolute atomic E-state index is 12.1. The lowest BCUT2D eigenvalue weighted by atomic mass is 10.1. The van der Waals surface area contributed by atoms with Crippen LogP contribution in [0.4, 0.5) is 0 Å². The number of hydrogen-bond acceptors (Lipinski definition) is 5. The molecule has 0 atom stereocenters. The molecular formula is C14H16N2O4. The molecule has 1 aromatic rings. The molecule has 0 saturated heterocycles. The van der Waals surface area contributed by atoms with Crippen molar-refractivity contribution in [2.24, 2.45) is 0 Å². The molecule has 20 heavy (non-hydrogen) atoms. The summed E-state index contributed by atoms with van der Waals surface area (Å²) in [6.45, 7) is 3.29. The van der Waals surface area contributed by atoms with E-state index in [1.165, 1.54) is 12.1 Å². The van der Waals surface area contributed by atoms with Crippen LogP contribution >= 0.6 is 0 Å². The Hall–Kier alpha value is -2.21. The number of fused-ring (bicyclic) bond motifs is 1. The number of likely N-dealkylation sites (N-methyl/N-ethyl adjacent to an activating group) is 1. The highest BCUT2D eigenvalue weighted by atomic mass is 16.7. The van der Waals surface area contributed by atoms with E-state index in [0.29, 0.717) is 5.06 Å². The van der Waals surface area contributed by atoms with Crippen molar-refractivity contribution in [2.45, 2.75) is 19.4 Å². The zero-order valence-electron chi connectivity index (χ0n) is 11.8. The highest BCUT2D eigenvalue weighted by Gasteiger charge is 2.42. The number of benzene rings is 1. The van der Waals surface area contributed by atoms with E-state index >= 15 is 0 Å². The second-order valence-electron chi connectivity index (χ2n) is 5.28. The smallest absolute Gasteiger partial charge is 0.328 e. The van der Waals surface area contributed by atoms with Gasteiger partial charge in [0.1, 0.15) is 5.54 Å². The Morgan fingerprint density at radius 3 is 1.95 bits per heavy atom. The van der Waals surface area contributed by atoms with Crippen molar-refractivity contribution in [3.05, 3.63) is 35.4 Å². The molecule has 0 fully saturated rings. The SMILES string of the molecule is CN(C)C(C)(C)C(=O)ON1C(=O)c2ccccc2C1=O. The van der Waals surface area contributed by atoms with Crippen LogP contribution in [-0.2, 0) is 9.63 Å². The van der Waals surface area contributed by atoms with E-state index in [2.05, 4.69) is 0 Å². The zero-order valence-corrected chi connectivity index (χ0v) is 11.8. The van der Waals surface area contributed by atoms with Gasteiger partial charge in [-0.3, -0.25) is 14.5 Å². The minimum absolute atomic E-state index is 0.243. The number of carbonyl (C=O) groups is 3. The number of amides is 2. The summed E-state index contributed by atoms with van der Waals surface area (Å²) in [5.74, 6) is -1.90. The van der Waals surface area contributed by atoms with Gasteiger partial charge < -0.3 is 4.84 Å². The van der Waals surface area contributed by atoms with Crippen molar-refractivity contribution in [1.82, 2.24) is 9.96 Å². The second-order valence-corrected chi connectivity index (χ2v) is 5.28. The number of rotatable bonds is 3. The van der Waals surface area contributed by atoms with E-state index in [-0.39, 0.29) is 11.1 Å². The minimum atomic E-state index is -0.949. The number of nitrogens with zero attached hydrogens (tertiary/aromatic N) is 2. The van der Waals surface area contributed by atoms with E-state index < -0.39 is 23.3 Å².